The van der Waals surface area contributed by atoms with E-state index in [1.807, 2.05) is 48.5 Å². The van der Waals surface area contributed by atoms with E-state index in [0.717, 1.165) is 17.9 Å². The number of nitrogens with two attached hydrogens (primary N) is 1. The minimum atomic E-state index is -0.0739. The highest BCUT2D eigenvalue weighted by Crippen LogP contribution is 2.16. The van der Waals surface area contributed by atoms with Crippen LogP contribution in [0.1, 0.15) is 23.1 Å². The minimum Gasteiger partial charge on any atom is -0.337 e. The SMILES string of the molecule is Cn1ccnc1Cn1cncc1[C@H](N)Cc1ccccc1. The highest BCUT2D eigenvalue weighted by atomic mass is 15.1. The highest BCUT2D eigenvalue weighted by molar-refractivity contribution is 5.19. The number of nitrogens with zero attached hydrogens (tertiary/aromatic N) is 4. The lowest BCUT2D eigenvalue weighted by Crippen LogP contribution is -2.18. The van der Waals surface area contributed by atoms with Gasteiger partial charge in [-0.25, -0.2) is 9.97 Å². The first-order valence-corrected chi connectivity index (χ1v) is 7.00. The summed E-state index contributed by atoms with van der Waals surface area (Å²) in [5.74, 6) is 0.987. The lowest BCUT2D eigenvalue weighted by Gasteiger charge is -2.15. The van der Waals surface area contributed by atoms with Gasteiger partial charge in [0.1, 0.15) is 5.82 Å². The summed E-state index contributed by atoms with van der Waals surface area (Å²) in [4.78, 5) is 8.59. The summed E-state index contributed by atoms with van der Waals surface area (Å²) in [6.45, 7) is 0.682. The Balaban J connectivity index is 1.77. The quantitative estimate of drug-likeness (QED) is 0.777. The van der Waals surface area contributed by atoms with Crippen molar-refractivity contribution in [2.24, 2.45) is 12.8 Å². The van der Waals surface area contributed by atoms with E-state index in [-0.39, 0.29) is 6.04 Å². The van der Waals surface area contributed by atoms with Crippen molar-refractivity contribution < 1.29 is 0 Å². The molecule has 0 amide bonds. The van der Waals surface area contributed by atoms with Crippen LogP contribution in [0.3, 0.4) is 0 Å². The van der Waals surface area contributed by atoms with E-state index in [9.17, 15) is 0 Å². The van der Waals surface area contributed by atoms with Crippen molar-refractivity contribution in [3.05, 3.63) is 72.3 Å². The van der Waals surface area contributed by atoms with Gasteiger partial charge in [0.25, 0.3) is 0 Å². The topological polar surface area (TPSA) is 61.7 Å². The molecule has 0 fully saturated rings. The first-order valence-electron chi connectivity index (χ1n) is 7.00. The maximum atomic E-state index is 6.35. The molecule has 108 valence electrons. The Bertz CT molecular complexity index is 698. The zero-order chi connectivity index (χ0) is 14.7. The van der Waals surface area contributed by atoms with Crippen LogP contribution >= 0.6 is 0 Å². The molecule has 0 spiro atoms. The Morgan fingerprint density at radius 1 is 1.24 bits per heavy atom. The Labute approximate surface area is 124 Å². The van der Waals surface area contributed by atoms with Gasteiger partial charge in [-0.1, -0.05) is 30.3 Å². The van der Waals surface area contributed by atoms with E-state index in [0.29, 0.717) is 6.54 Å². The summed E-state index contributed by atoms with van der Waals surface area (Å²) in [6, 6.07) is 10.2. The van der Waals surface area contributed by atoms with E-state index in [1.165, 1.54) is 5.56 Å². The van der Waals surface area contributed by atoms with Gasteiger partial charge in [-0.15, -0.1) is 0 Å². The molecule has 0 saturated heterocycles. The third kappa shape index (κ3) is 3.03. The monoisotopic (exact) mass is 281 g/mol. The molecule has 0 saturated carbocycles. The second kappa shape index (κ2) is 5.93. The van der Waals surface area contributed by atoms with Gasteiger partial charge in [0.2, 0.25) is 0 Å². The first-order chi connectivity index (χ1) is 10.2. The van der Waals surface area contributed by atoms with Crippen LogP contribution in [0.5, 0.6) is 0 Å². The van der Waals surface area contributed by atoms with Crippen LogP contribution in [-0.2, 0) is 20.0 Å². The van der Waals surface area contributed by atoms with E-state index in [4.69, 9.17) is 5.73 Å². The molecule has 1 atom stereocenters. The molecule has 2 heterocycles. The average molecular weight is 281 g/mol. The molecule has 1 aromatic carbocycles. The van der Waals surface area contributed by atoms with Crippen molar-refractivity contribution in [2.75, 3.05) is 0 Å². The number of hydrogen-bond acceptors (Lipinski definition) is 3. The minimum absolute atomic E-state index is 0.0739. The molecule has 2 aromatic heterocycles. The fraction of sp³-hybridized carbons (Fsp3) is 0.250. The zero-order valence-corrected chi connectivity index (χ0v) is 12.1. The van der Waals surface area contributed by atoms with E-state index in [2.05, 4.69) is 26.7 Å². The van der Waals surface area contributed by atoms with Crippen LogP contribution in [0, 0.1) is 0 Å². The van der Waals surface area contributed by atoms with Gasteiger partial charge in [-0.2, -0.15) is 0 Å². The zero-order valence-electron chi connectivity index (χ0n) is 12.1. The predicted molar refractivity (Wildman–Crippen MR) is 81.6 cm³/mol. The van der Waals surface area contributed by atoms with Crippen LogP contribution < -0.4 is 5.73 Å². The van der Waals surface area contributed by atoms with Gasteiger partial charge in [-0.3, -0.25) is 0 Å². The molecule has 0 unspecified atom stereocenters. The third-order valence-corrected chi connectivity index (χ3v) is 3.66. The summed E-state index contributed by atoms with van der Waals surface area (Å²) in [5, 5.41) is 0. The molecule has 3 rings (SSSR count). The molecule has 0 aliphatic rings. The lowest BCUT2D eigenvalue weighted by atomic mass is 10.0. The summed E-state index contributed by atoms with van der Waals surface area (Å²) in [5.41, 5.74) is 8.61. The molecule has 0 bridgehead atoms. The number of rotatable bonds is 5. The summed E-state index contributed by atoms with van der Waals surface area (Å²) in [7, 11) is 1.99. The van der Waals surface area contributed by atoms with Crippen molar-refractivity contribution in [3.8, 4) is 0 Å². The molecule has 3 aromatic rings. The Hall–Kier alpha value is -2.40. The van der Waals surface area contributed by atoms with Crippen LogP contribution in [0.25, 0.3) is 0 Å². The van der Waals surface area contributed by atoms with E-state index in [1.54, 1.807) is 6.20 Å². The summed E-state index contributed by atoms with van der Waals surface area (Å²) < 4.78 is 4.07. The number of imidazole rings is 2. The Morgan fingerprint density at radius 3 is 2.76 bits per heavy atom. The standard InChI is InChI=1S/C16H19N5/c1-20-8-7-19-16(20)11-21-12-18-10-15(21)14(17)9-13-5-3-2-4-6-13/h2-8,10,12,14H,9,11,17H2,1H3/t14-/m1/s1. The van der Waals surface area contributed by atoms with Gasteiger partial charge in [-0.05, 0) is 12.0 Å². The highest BCUT2D eigenvalue weighted by Gasteiger charge is 2.13. The number of benzene rings is 1. The second-order valence-electron chi connectivity index (χ2n) is 5.20. The maximum Gasteiger partial charge on any atom is 0.128 e. The van der Waals surface area contributed by atoms with Gasteiger partial charge >= 0.3 is 0 Å². The molecule has 5 heteroatoms. The molecule has 2 N–H and O–H groups in total. The molecular weight excluding hydrogens is 262 g/mol. The van der Waals surface area contributed by atoms with Crippen molar-refractivity contribution in [1.29, 1.82) is 0 Å². The van der Waals surface area contributed by atoms with Crippen molar-refractivity contribution in [2.45, 2.75) is 19.0 Å². The van der Waals surface area contributed by atoms with Crippen molar-refractivity contribution in [1.82, 2.24) is 19.1 Å². The molecule has 0 aliphatic heterocycles. The summed E-state index contributed by atoms with van der Waals surface area (Å²) >= 11 is 0. The maximum absolute atomic E-state index is 6.35. The van der Waals surface area contributed by atoms with Gasteiger partial charge in [0.15, 0.2) is 0 Å². The van der Waals surface area contributed by atoms with Gasteiger partial charge < -0.3 is 14.9 Å². The average Bonchev–Trinajstić information content (AvgIpc) is 3.10. The third-order valence-electron chi connectivity index (χ3n) is 3.66. The first kappa shape index (κ1) is 13.6. The van der Waals surface area contributed by atoms with Gasteiger partial charge in [0, 0.05) is 25.6 Å². The molecular formula is C16H19N5. The van der Waals surface area contributed by atoms with Crippen LogP contribution in [0.15, 0.2) is 55.2 Å². The molecule has 0 radical (unpaired) electrons. The molecule has 21 heavy (non-hydrogen) atoms. The Morgan fingerprint density at radius 2 is 2.05 bits per heavy atom. The normalized spacial score (nSPS) is 12.5. The van der Waals surface area contributed by atoms with Crippen molar-refractivity contribution in [3.63, 3.8) is 0 Å². The number of aryl methyl sites for hydroxylation is 1. The smallest absolute Gasteiger partial charge is 0.128 e. The summed E-state index contributed by atoms with van der Waals surface area (Å²) in [6.07, 6.45) is 8.20. The Kier molecular flexibility index (Phi) is 3.83. The van der Waals surface area contributed by atoms with E-state index >= 15 is 0 Å². The second-order valence-corrected chi connectivity index (χ2v) is 5.20. The number of aromatic nitrogens is 4. The fourth-order valence-corrected chi connectivity index (χ4v) is 2.45. The molecule has 5 nitrogen and oxygen atoms in total. The van der Waals surface area contributed by atoms with Crippen LogP contribution in [0.4, 0.5) is 0 Å². The lowest BCUT2D eigenvalue weighted by molar-refractivity contribution is 0.609. The molecule has 0 aliphatic carbocycles. The fourth-order valence-electron chi connectivity index (χ4n) is 2.45. The van der Waals surface area contributed by atoms with E-state index < -0.39 is 0 Å². The van der Waals surface area contributed by atoms with Crippen LogP contribution in [-0.4, -0.2) is 19.1 Å². The predicted octanol–water partition coefficient (Wildman–Crippen LogP) is 1.91. The van der Waals surface area contributed by atoms with Gasteiger partial charge in [0.05, 0.1) is 24.6 Å². The number of hydrogen-bond donors (Lipinski definition) is 1. The largest absolute Gasteiger partial charge is 0.337 e. The van der Waals surface area contributed by atoms with Crippen LogP contribution in [0.2, 0.25) is 0 Å². The van der Waals surface area contributed by atoms with Crippen molar-refractivity contribution >= 4 is 0 Å².